The summed E-state index contributed by atoms with van der Waals surface area (Å²) in [6, 6.07) is 11.3. The lowest BCUT2D eigenvalue weighted by Crippen LogP contribution is -2.82. The molecule has 2 saturated heterocycles. The third-order valence-electron chi connectivity index (χ3n) is 13.5. The number of allylic oxidation sites excluding steroid dienone is 1. The molecule has 9 atom stereocenters. The summed E-state index contributed by atoms with van der Waals surface area (Å²) in [7, 11) is -2.34. The smallest absolute Gasteiger partial charge is 0.338 e. The highest BCUT2D eigenvalue weighted by Gasteiger charge is 2.79. The number of hydrogen-bond donors (Lipinski definition) is 1. The van der Waals surface area contributed by atoms with Crippen LogP contribution in [0.4, 0.5) is 0 Å². The van der Waals surface area contributed by atoms with Gasteiger partial charge in [-0.3, -0.25) is 9.59 Å². The molecular formula is C40H58O10Si. The van der Waals surface area contributed by atoms with Crippen molar-refractivity contribution in [1.82, 2.24) is 0 Å². The van der Waals surface area contributed by atoms with E-state index in [4.69, 9.17) is 28.1 Å². The lowest BCUT2D eigenvalue weighted by molar-refractivity contribution is -0.360. The molecule has 6 rings (SSSR count). The van der Waals surface area contributed by atoms with Crippen molar-refractivity contribution in [3.8, 4) is 0 Å². The zero-order valence-electron chi connectivity index (χ0n) is 32.1. The number of esters is 2. The molecule has 1 aromatic rings. The van der Waals surface area contributed by atoms with Crippen LogP contribution < -0.4 is 0 Å². The summed E-state index contributed by atoms with van der Waals surface area (Å²) in [5, 5.41) is 13.5. The van der Waals surface area contributed by atoms with E-state index in [1.165, 1.54) is 0 Å². The van der Waals surface area contributed by atoms with Gasteiger partial charge in [0.2, 0.25) is 0 Å². The second-order valence-electron chi connectivity index (χ2n) is 16.8. The highest BCUT2D eigenvalue weighted by Crippen LogP contribution is 2.67. The minimum atomic E-state index is -2.34. The Balaban J connectivity index is 1.69. The van der Waals surface area contributed by atoms with Crippen molar-refractivity contribution in [3.63, 3.8) is 0 Å². The van der Waals surface area contributed by atoms with Gasteiger partial charge in [0.1, 0.15) is 23.9 Å². The number of ketones is 1. The van der Waals surface area contributed by atoms with E-state index in [9.17, 15) is 19.5 Å². The molecule has 51 heavy (non-hydrogen) atoms. The van der Waals surface area contributed by atoms with Crippen LogP contribution in [0.3, 0.4) is 0 Å². The molecule has 2 aliphatic heterocycles. The molecule has 10 nitrogen and oxygen atoms in total. The van der Waals surface area contributed by atoms with Gasteiger partial charge in [-0.15, -0.1) is 0 Å². The molecule has 2 heterocycles. The lowest BCUT2D eigenvalue weighted by Gasteiger charge is -2.69. The van der Waals surface area contributed by atoms with Crippen LogP contribution >= 0.6 is 0 Å². The molecule has 4 fully saturated rings. The van der Waals surface area contributed by atoms with Crippen LogP contribution in [0.1, 0.15) is 105 Å². The van der Waals surface area contributed by atoms with Crippen LogP contribution in [-0.2, 0) is 37.7 Å². The van der Waals surface area contributed by atoms with Crippen molar-refractivity contribution in [1.29, 1.82) is 0 Å². The normalized spacial score (nSPS) is 38.0. The van der Waals surface area contributed by atoms with Crippen LogP contribution in [0.25, 0.3) is 0 Å². The van der Waals surface area contributed by atoms with E-state index in [2.05, 4.69) is 27.7 Å². The van der Waals surface area contributed by atoms with E-state index >= 15 is 0 Å². The van der Waals surface area contributed by atoms with Gasteiger partial charge in [-0.25, -0.2) is 4.79 Å². The molecule has 0 spiro atoms. The predicted molar refractivity (Wildman–Crippen MR) is 192 cm³/mol. The molecule has 5 aliphatic rings. The Kier molecular flexibility index (Phi) is 9.89. The van der Waals surface area contributed by atoms with E-state index in [0.717, 1.165) is 18.1 Å². The van der Waals surface area contributed by atoms with Crippen molar-refractivity contribution < 1.29 is 47.6 Å². The summed E-state index contributed by atoms with van der Waals surface area (Å²) in [5.41, 5.74) is -4.06. The molecular weight excluding hydrogens is 669 g/mol. The maximum Gasteiger partial charge on any atom is 0.338 e. The molecule has 0 aromatic heterocycles. The van der Waals surface area contributed by atoms with Gasteiger partial charge in [-0.05, 0) is 68.6 Å². The maximum atomic E-state index is 14.3. The van der Waals surface area contributed by atoms with Crippen molar-refractivity contribution in [2.75, 3.05) is 6.61 Å². The quantitative estimate of drug-likeness (QED) is 0.206. The average Bonchev–Trinajstić information content (AvgIpc) is 3.40. The Hall–Kier alpha value is -2.41. The van der Waals surface area contributed by atoms with E-state index in [1.54, 1.807) is 31.2 Å². The summed E-state index contributed by atoms with van der Waals surface area (Å²) < 4.78 is 41.0. The van der Waals surface area contributed by atoms with E-state index in [1.807, 2.05) is 40.7 Å². The van der Waals surface area contributed by atoms with Crippen molar-refractivity contribution in [3.05, 3.63) is 47.0 Å². The van der Waals surface area contributed by atoms with Crippen molar-refractivity contribution in [2.45, 2.75) is 161 Å². The van der Waals surface area contributed by atoms with Crippen molar-refractivity contribution >= 4 is 26.0 Å². The summed E-state index contributed by atoms with van der Waals surface area (Å²) in [6.45, 7) is 19.8. The first-order valence-electron chi connectivity index (χ1n) is 19.0. The van der Waals surface area contributed by atoms with E-state index in [-0.39, 0.29) is 25.2 Å². The number of Topliss-reactive ketones (excluding diaryl/α,β-unsaturated/α-hetero) is 1. The van der Waals surface area contributed by atoms with E-state index in [0.29, 0.717) is 29.6 Å². The number of benzene rings is 1. The number of aliphatic hydroxyl groups is 1. The van der Waals surface area contributed by atoms with Gasteiger partial charge in [0, 0.05) is 30.1 Å². The topological polar surface area (TPSA) is 127 Å². The van der Waals surface area contributed by atoms with Gasteiger partial charge in [-0.1, -0.05) is 66.7 Å². The molecule has 2 saturated carbocycles. The number of carbonyl (C=O) groups is 3. The molecule has 3 aliphatic carbocycles. The lowest BCUT2D eigenvalue weighted by atomic mass is 9.44. The Morgan fingerprint density at radius 3 is 2.20 bits per heavy atom. The molecule has 11 heteroatoms. The summed E-state index contributed by atoms with van der Waals surface area (Å²) in [5.74, 6) is -3.31. The fourth-order valence-corrected chi connectivity index (χ4v) is 13.2. The van der Waals surface area contributed by atoms with Crippen LogP contribution in [-0.4, -0.2) is 85.3 Å². The van der Waals surface area contributed by atoms with Gasteiger partial charge >= 0.3 is 11.9 Å². The zero-order valence-corrected chi connectivity index (χ0v) is 33.1. The molecule has 1 aromatic carbocycles. The number of rotatable bonds is 10. The second-order valence-corrected chi connectivity index (χ2v) is 21.5. The molecule has 0 amide bonds. The molecule has 8 unspecified atom stereocenters. The molecule has 2 bridgehead atoms. The first-order chi connectivity index (χ1) is 23.9. The van der Waals surface area contributed by atoms with Crippen LogP contribution in [0.15, 0.2) is 41.5 Å². The fourth-order valence-electron chi connectivity index (χ4n) is 10.2. The average molecular weight is 727 g/mol. The summed E-state index contributed by atoms with van der Waals surface area (Å²) >= 11 is 0. The highest BCUT2D eigenvalue weighted by molar-refractivity contribution is 6.73. The zero-order chi connectivity index (χ0) is 37.4. The van der Waals surface area contributed by atoms with Crippen LogP contribution in [0, 0.1) is 16.7 Å². The van der Waals surface area contributed by atoms with E-state index < -0.39 is 84.5 Å². The molecule has 0 radical (unpaired) electrons. The summed E-state index contributed by atoms with van der Waals surface area (Å²) in [6.07, 6.45) is -3.09. The van der Waals surface area contributed by atoms with Crippen LogP contribution in [0.5, 0.6) is 0 Å². The van der Waals surface area contributed by atoms with Gasteiger partial charge in [0.05, 0.1) is 30.3 Å². The highest BCUT2D eigenvalue weighted by atomic mass is 28.4. The van der Waals surface area contributed by atoms with Crippen molar-refractivity contribution in [2.24, 2.45) is 16.7 Å². The minimum absolute atomic E-state index is 0.0329. The fraction of sp³-hybridized carbons (Fsp3) is 0.725. The molecule has 1 N–H and O–H groups in total. The minimum Gasteiger partial charge on any atom is -0.455 e. The largest absolute Gasteiger partial charge is 0.455 e. The number of carbonyl (C=O) groups excluding carboxylic acids is 3. The number of fused-ring (bicyclic) bond motifs is 8. The predicted octanol–water partition coefficient (Wildman–Crippen LogP) is 6.69. The third-order valence-corrected chi connectivity index (χ3v) is 18.1. The van der Waals surface area contributed by atoms with Gasteiger partial charge < -0.3 is 33.2 Å². The Morgan fingerprint density at radius 2 is 1.63 bits per heavy atom. The molecule has 282 valence electrons. The Bertz CT molecular complexity index is 1560. The number of hydrogen-bond acceptors (Lipinski definition) is 10. The van der Waals surface area contributed by atoms with Crippen LogP contribution in [0.2, 0.25) is 18.1 Å². The Labute approximate surface area is 304 Å². The van der Waals surface area contributed by atoms with Gasteiger partial charge in [0.25, 0.3) is 0 Å². The third kappa shape index (κ3) is 5.71. The first-order valence-corrected chi connectivity index (χ1v) is 21.5. The second kappa shape index (κ2) is 13.2. The monoisotopic (exact) mass is 726 g/mol. The number of ether oxygens (including phenoxy) is 5. The van der Waals surface area contributed by atoms with Gasteiger partial charge in [0.15, 0.2) is 25.5 Å². The maximum absolute atomic E-state index is 14.3. The summed E-state index contributed by atoms with van der Waals surface area (Å²) in [4.78, 5) is 42.1. The standard InChI is InChI=1S/C40H58O10Si/c1-11-18-29(42)47-39-23-45-28(39)21-27(50-51(12-2,13-3)14-4)38(10)32(39)34(46-35(43)25-19-16-15-17-20-25)40(44)22-26(41)24(5)30(36(40,6)7)31-33(38)49-37(8,9)48-31/h15-17,19-20,27-28,31-34,44H,11-14,18,21-23H2,1-10H3/t27?,28?,31?,32?,33?,34?,38-,39?,40?/m1/s1. The first kappa shape index (κ1) is 38.3. The Morgan fingerprint density at radius 1 is 0.980 bits per heavy atom. The van der Waals surface area contributed by atoms with Gasteiger partial charge in [-0.2, -0.15) is 0 Å². The SMILES string of the molecule is CCCC(=O)OC12COC1CC(O[Si](CC)(CC)CC)[C@@]1(C)C3OC(C)(C)OC3C3=C(C)C(=O)CC(O)(C(OC(=O)c4ccccc4)C21)C3(C)C.